The summed E-state index contributed by atoms with van der Waals surface area (Å²) in [6, 6.07) is 0. The molecule has 1 aliphatic carbocycles. The Morgan fingerprint density at radius 2 is 2.36 bits per heavy atom. The molecule has 0 radical (unpaired) electrons. The van der Waals surface area contributed by atoms with E-state index in [1.807, 2.05) is 0 Å². The van der Waals surface area contributed by atoms with E-state index in [9.17, 15) is 0 Å². The van der Waals surface area contributed by atoms with E-state index in [1.165, 1.54) is 25.6 Å². The Labute approximate surface area is 88.9 Å². The van der Waals surface area contributed by atoms with Gasteiger partial charge in [0.2, 0.25) is 0 Å². The lowest BCUT2D eigenvalue weighted by molar-refractivity contribution is 0.520. The molecule has 76 valence electrons. The highest BCUT2D eigenvalue weighted by molar-refractivity contribution is 6.32. The minimum Gasteiger partial charge on any atom is -0.368 e. The van der Waals surface area contributed by atoms with Crippen molar-refractivity contribution in [1.82, 2.24) is 9.97 Å². The van der Waals surface area contributed by atoms with E-state index in [-0.39, 0.29) is 0 Å². The zero-order valence-corrected chi connectivity index (χ0v) is 9.01. The SMILES string of the molecule is CCC1(CNc2ncncc2Cl)CC1. The number of nitrogens with zero attached hydrogens (tertiary/aromatic N) is 2. The van der Waals surface area contributed by atoms with Crippen LogP contribution in [0.3, 0.4) is 0 Å². The van der Waals surface area contributed by atoms with Crippen LogP contribution in [0.1, 0.15) is 26.2 Å². The number of halogens is 1. The smallest absolute Gasteiger partial charge is 0.148 e. The molecule has 0 unspecified atom stereocenters. The maximum absolute atomic E-state index is 5.93. The summed E-state index contributed by atoms with van der Waals surface area (Å²) < 4.78 is 0. The number of hydrogen-bond donors (Lipinski definition) is 1. The number of rotatable bonds is 4. The van der Waals surface area contributed by atoms with Crippen molar-refractivity contribution in [3.05, 3.63) is 17.5 Å². The van der Waals surface area contributed by atoms with Crippen molar-refractivity contribution in [2.45, 2.75) is 26.2 Å². The summed E-state index contributed by atoms with van der Waals surface area (Å²) in [7, 11) is 0. The Bertz CT molecular complexity index is 323. The minimum absolute atomic E-state index is 0.508. The predicted molar refractivity (Wildman–Crippen MR) is 57.5 cm³/mol. The van der Waals surface area contributed by atoms with Gasteiger partial charge in [0, 0.05) is 6.54 Å². The van der Waals surface area contributed by atoms with Crippen LogP contribution >= 0.6 is 11.6 Å². The number of aromatic nitrogens is 2. The topological polar surface area (TPSA) is 37.8 Å². The first kappa shape index (κ1) is 9.71. The molecule has 4 heteroatoms. The number of anilines is 1. The quantitative estimate of drug-likeness (QED) is 0.832. The van der Waals surface area contributed by atoms with E-state index in [2.05, 4.69) is 22.2 Å². The number of hydrogen-bond acceptors (Lipinski definition) is 3. The first-order chi connectivity index (χ1) is 6.76. The van der Waals surface area contributed by atoms with Crippen LogP contribution in [0.4, 0.5) is 5.82 Å². The van der Waals surface area contributed by atoms with Crippen LogP contribution < -0.4 is 5.32 Å². The third-order valence-electron chi connectivity index (χ3n) is 3.01. The van der Waals surface area contributed by atoms with Crippen molar-refractivity contribution in [3.63, 3.8) is 0 Å². The molecular weight excluding hydrogens is 198 g/mol. The van der Waals surface area contributed by atoms with Gasteiger partial charge in [-0.3, -0.25) is 0 Å². The second-order valence-corrected chi connectivity index (χ2v) is 4.33. The maximum atomic E-state index is 5.93. The van der Waals surface area contributed by atoms with Gasteiger partial charge in [-0.05, 0) is 24.7 Å². The monoisotopic (exact) mass is 211 g/mol. The van der Waals surface area contributed by atoms with E-state index < -0.39 is 0 Å². The molecule has 14 heavy (non-hydrogen) atoms. The molecule has 1 heterocycles. The summed E-state index contributed by atoms with van der Waals surface area (Å²) in [5.41, 5.74) is 0.508. The lowest BCUT2D eigenvalue weighted by Gasteiger charge is -2.14. The standard InChI is InChI=1S/C10H14ClN3/c1-2-10(3-4-10)6-13-9-8(11)5-12-7-14-9/h5,7H,2-4,6H2,1H3,(H,12,13,14). The molecule has 1 aromatic rings. The van der Waals surface area contributed by atoms with Crippen molar-refractivity contribution in [1.29, 1.82) is 0 Å². The van der Waals surface area contributed by atoms with Crippen molar-refractivity contribution in [2.75, 3.05) is 11.9 Å². The van der Waals surface area contributed by atoms with Gasteiger partial charge in [0.05, 0.1) is 6.20 Å². The predicted octanol–water partition coefficient (Wildman–Crippen LogP) is 2.73. The van der Waals surface area contributed by atoms with Crippen LogP contribution in [0.25, 0.3) is 0 Å². The van der Waals surface area contributed by atoms with E-state index in [1.54, 1.807) is 6.20 Å². The fraction of sp³-hybridized carbons (Fsp3) is 0.600. The fourth-order valence-corrected chi connectivity index (χ4v) is 1.72. The van der Waals surface area contributed by atoms with E-state index >= 15 is 0 Å². The number of nitrogens with one attached hydrogen (secondary N) is 1. The van der Waals surface area contributed by atoms with Crippen LogP contribution in [0.15, 0.2) is 12.5 Å². The molecule has 1 aromatic heterocycles. The summed E-state index contributed by atoms with van der Waals surface area (Å²) in [6.07, 6.45) is 6.99. The summed E-state index contributed by atoms with van der Waals surface area (Å²) in [5.74, 6) is 0.751. The van der Waals surface area contributed by atoms with Crippen LogP contribution in [-0.4, -0.2) is 16.5 Å². The van der Waals surface area contributed by atoms with Gasteiger partial charge in [-0.15, -0.1) is 0 Å². The highest BCUT2D eigenvalue weighted by Gasteiger charge is 2.40. The molecule has 0 atom stereocenters. The molecule has 1 saturated carbocycles. The normalized spacial score (nSPS) is 17.9. The maximum Gasteiger partial charge on any atom is 0.148 e. The van der Waals surface area contributed by atoms with Crippen LogP contribution in [0.2, 0.25) is 5.02 Å². The molecule has 0 saturated heterocycles. The highest BCUT2D eigenvalue weighted by atomic mass is 35.5. The van der Waals surface area contributed by atoms with Gasteiger partial charge in [-0.25, -0.2) is 9.97 Å². The van der Waals surface area contributed by atoms with E-state index in [4.69, 9.17) is 11.6 Å². The molecular formula is C10H14ClN3. The van der Waals surface area contributed by atoms with Gasteiger partial charge in [0.1, 0.15) is 17.2 Å². The lowest BCUT2D eigenvalue weighted by atomic mass is 10.0. The Hall–Kier alpha value is -0.830. The molecule has 0 amide bonds. The van der Waals surface area contributed by atoms with Crippen molar-refractivity contribution < 1.29 is 0 Å². The molecule has 1 aliphatic rings. The molecule has 2 rings (SSSR count). The van der Waals surface area contributed by atoms with Gasteiger partial charge in [0.15, 0.2) is 0 Å². The highest BCUT2D eigenvalue weighted by Crippen LogP contribution is 2.48. The van der Waals surface area contributed by atoms with Crippen molar-refractivity contribution in [3.8, 4) is 0 Å². The zero-order valence-electron chi connectivity index (χ0n) is 8.26. The summed E-state index contributed by atoms with van der Waals surface area (Å²) in [5, 5.41) is 3.88. The van der Waals surface area contributed by atoms with Gasteiger partial charge in [0.25, 0.3) is 0 Å². The molecule has 0 aliphatic heterocycles. The van der Waals surface area contributed by atoms with Gasteiger partial charge in [-0.1, -0.05) is 18.5 Å². The second-order valence-electron chi connectivity index (χ2n) is 3.93. The minimum atomic E-state index is 0.508. The average Bonchev–Trinajstić information content (AvgIpc) is 2.98. The summed E-state index contributed by atoms with van der Waals surface area (Å²) in [6.45, 7) is 3.20. The third-order valence-corrected chi connectivity index (χ3v) is 3.28. The zero-order chi connectivity index (χ0) is 10.0. The molecule has 0 aromatic carbocycles. The van der Waals surface area contributed by atoms with E-state index in [0.29, 0.717) is 10.4 Å². The third kappa shape index (κ3) is 1.98. The van der Waals surface area contributed by atoms with Gasteiger partial charge in [-0.2, -0.15) is 0 Å². The second kappa shape index (κ2) is 3.73. The lowest BCUT2D eigenvalue weighted by Crippen LogP contribution is -2.15. The van der Waals surface area contributed by atoms with Crippen LogP contribution in [0, 0.1) is 5.41 Å². The summed E-state index contributed by atoms with van der Waals surface area (Å²) >= 11 is 5.93. The van der Waals surface area contributed by atoms with Crippen molar-refractivity contribution in [2.24, 2.45) is 5.41 Å². The Morgan fingerprint density at radius 3 is 2.93 bits per heavy atom. The van der Waals surface area contributed by atoms with Gasteiger partial charge < -0.3 is 5.32 Å². The van der Waals surface area contributed by atoms with Crippen LogP contribution in [-0.2, 0) is 0 Å². The Kier molecular flexibility index (Phi) is 2.59. The molecule has 1 fully saturated rings. The Morgan fingerprint density at radius 1 is 1.57 bits per heavy atom. The molecule has 0 bridgehead atoms. The van der Waals surface area contributed by atoms with E-state index in [0.717, 1.165) is 12.4 Å². The first-order valence-corrected chi connectivity index (χ1v) is 5.33. The molecule has 0 spiro atoms. The molecule has 1 N–H and O–H groups in total. The fourth-order valence-electron chi connectivity index (χ4n) is 1.55. The summed E-state index contributed by atoms with van der Waals surface area (Å²) in [4.78, 5) is 7.93. The molecule has 3 nitrogen and oxygen atoms in total. The first-order valence-electron chi connectivity index (χ1n) is 4.95. The largest absolute Gasteiger partial charge is 0.368 e. The van der Waals surface area contributed by atoms with Crippen LogP contribution in [0.5, 0.6) is 0 Å². The average molecular weight is 212 g/mol. The van der Waals surface area contributed by atoms with Crippen molar-refractivity contribution >= 4 is 17.4 Å². The Balaban J connectivity index is 1.95. The van der Waals surface area contributed by atoms with Gasteiger partial charge >= 0.3 is 0 Å².